The van der Waals surface area contributed by atoms with Gasteiger partial charge in [0, 0.05) is 21.3 Å². The van der Waals surface area contributed by atoms with Crippen molar-refractivity contribution in [3.63, 3.8) is 0 Å². The number of halogens is 2. The molecule has 0 radical (unpaired) electrons. The van der Waals surface area contributed by atoms with Crippen LogP contribution in [-0.2, 0) is 0 Å². The molecule has 0 bridgehead atoms. The lowest BCUT2D eigenvalue weighted by Crippen LogP contribution is -2.29. The van der Waals surface area contributed by atoms with E-state index in [0.717, 1.165) is 4.90 Å². The van der Waals surface area contributed by atoms with Gasteiger partial charge in [0.1, 0.15) is 0 Å². The van der Waals surface area contributed by atoms with Crippen LogP contribution in [0.3, 0.4) is 0 Å². The number of hydrogen-bond donors (Lipinski definition) is 1. The number of nitrogens with zero attached hydrogens (tertiary/aromatic N) is 1. The average molecular weight is 439 g/mol. The number of hydrogen-bond acceptors (Lipinski definition) is 4. The van der Waals surface area contributed by atoms with Gasteiger partial charge in [-0.25, -0.2) is 4.90 Å². The Hall–Kier alpha value is -3.48. The van der Waals surface area contributed by atoms with Gasteiger partial charge in [-0.1, -0.05) is 29.3 Å². The number of benzene rings is 3. The zero-order chi connectivity index (χ0) is 21.4. The molecule has 8 heteroatoms. The van der Waals surface area contributed by atoms with Gasteiger partial charge in [0.15, 0.2) is 6.29 Å². The summed E-state index contributed by atoms with van der Waals surface area (Å²) in [7, 11) is 0. The molecular weight excluding hydrogens is 427 g/mol. The van der Waals surface area contributed by atoms with Gasteiger partial charge in [0.2, 0.25) is 0 Å². The Morgan fingerprint density at radius 1 is 0.867 bits per heavy atom. The Labute approximate surface area is 181 Å². The molecule has 3 aromatic rings. The van der Waals surface area contributed by atoms with Crippen molar-refractivity contribution in [1.82, 2.24) is 0 Å². The smallest absolute Gasteiger partial charge is 0.266 e. The van der Waals surface area contributed by atoms with Crippen molar-refractivity contribution in [2.75, 3.05) is 10.2 Å². The van der Waals surface area contributed by atoms with Crippen LogP contribution in [0.5, 0.6) is 0 Å². The van der Waals surface area contributed by atoms with Gasteiger partial charge in [-0.3, -0.25) is 19.2 Å². The molecule has 0 saturated heterocycles. The fraction of sp³-hybridized carbons (Fsp3) is 0. The molecule has 3 aromatic carbocycles. The summed E-state index contributed by atoms with van der Waals surface area (Å²) in [4.78, 5) is 50.3. The molecule has 0 fully saturated rings. The first-order chi connectivity index (χ1) is 14.4. The van der Waals surface area contributed by atoms with Crippen LogP contribution >= 0.6 is 23.2 Å². The second-order valence-electron chi connectivity index (χ2n) is 6.49. The molecule has 30 heavy (non-hydrogen) atoms. The molecule has 3 amide bonds. The standard InChI is InChI=1S/C22H12Cl2N2O4/c23-13-5-4-12(11-27)18(8-13)20(28)25-15-2-1-3-16(10-15)26-21(29)17-7-6-14(24)9-19(17)22(26)30/h1-11H,(H,25,28). The summed E-state index contributed by atoms with van der Waals surface area (Å²) < 4.78 is 0. The minimum Gasteiger partial charge on any atom is -0.322 e. The Balaban J connectivity index is 1.64. The third-order valence-electron chi connectivity index (χ3n) is 4.60. The van der Waals surface area contributed by atoms with Crippen molar-refractivity contribution in [3.8, 4) is 0 Å². The number of carbonyl (C=O) groups excluding carboxylic acids is 4. The number of rotatable bonds is 4. The molecule has 0 atom stereocenters. The van der Waals surface area contributed by atoms with E-state index in [-0.39, 0.29) is 27.9 Å². The van der Waals surface area contributed by atoms with E-state index in [9.17, 15) is 19.2 Å². The molecule has 1 heterocycles. The second-order valence-corrected chi connectivity index (χ2v) is 7.36. The molecule has 0 spiro atoms. The monoisotopic (exact) mass is 438 g/mol. The normalized spacial score (nSPS) is 12.7. The summed E-state index contributed by atoms with van der Waals surface area (Å²) in [6.07, 6.45) is 0.561. The van der Waals surface area contributed by atoms with Crippen molar-refractivity contribution in [2.45, 2.75) is 0 Å². The van der Waals surface area contributed by atoms with Crippen LogP contribution in [0.4, 0.5) is 11.4 Å². The lowest BCUT2D eigenvalue weighted by molar-refractivity contribution is 0.0925. The van der Waals surface area contributed by atoms with Crippen LogP contribution in [0.25, 0.3) is 0 Å². The van der Waals surface area contributed by atoms with Gasteiger partial charge in [-0.05, 0) is 54.6 Å². The van der Waals surface area contributed by atoms with E-state index in [1.807, 2.05) is 0 Å². The second kappa shape index (κ2) is 7.74. The summed E-state index contributed by atoms with van der Waals surface area (Å²) in [6, 6.07) is 15.1. The largest absolute Gasteiger partial charge is 0.322 e. The highest BCUT2D eigenvalue weighted by molar-refractivity contribution is 6.37. The van der Waals surface area contributed by atoms with Gasteiger partial charge < -0.3 is 5.32 Å². The highest BCUT2D eigenvalue weighted by Crippen LogP contribution is 2.31. The zero-order valence-corrected chi connectivity index (χ0v) is 16.7. The van der Waals surface area contributed by atoms with Gasteiger partial charge in [-0.15, -0.1) is 0 Å². The number of imide groups is 1. The van der Waals surface area contributed by atoms with E-state index < -0.39 is 17.7 Å². The van der Waals surface area contributed by atoms with Crippen LogP contribution in [-0.4, -0.2) is 24.0 Å². The molecule has 0 saturated carbocycles. The maximum Gasteiger partial charge on any atom is 0.266 e. The zero-order valence-electron chi connectivity index (χ0n) is 15.2. The number of nitrogens with one attached hydrogen (secondary N) is 1. The lowest BCUT2D eigenvalue weighted by Gasteiger charge is -2.15. The van der Waals surface area contributed by atoms with Crippen molar-refractivity contribution in [3.05, 3.63) is 93.0 Å². The first kappa shape index (κ1) is 19.8. The maximum atomic E-state index is 12.7. The summed E-state index contributed by atoms with van der Waals surface area (Å²) in [5.41, 5.74) is 1.40. The quantitative estimate of drug-likeness (QED) is 0.465. The van der Waals surface area contributed by atoms with Gasteiger partial charge in [-0.2, -0.15) is 0 Å². The minimum atomic E-state index is -0.550. The third kappa shape index (κ3) is 3.47. The van der Waals surface area contributed by atoms with E-state index in [4.69, 9.17) is 23.2 Å². The predicted molar refractivity (Wildman–Crippen MR) is 114 cm³/mol. The molecule has 0 aliphatic carbocycles. The fourth-order valence-corrected chi connectivity index (χ4v) is 3.54. The van der Waals surface area contributed by atoms with Crippen molar-refractivity contribution < 1.29 is 19.2 Å². The van der Waals surface area contributed by atoms with Crippen molar-refractivity contribution in [1.29, 1.82) is 0 Å². The van der Waals surface area contributed by atoms with E-state index >= 15 is 0 Å². The molecular formula is C22H12Cl2N2O4. The molecule has 4 rings (SSSR count). The number of amides is 3. The molecule has 0 unspecified atom stereocenters. The van der Waals surface area contributed by atoms with Crippen molar-refractivity contribution >= 4 is 58.6 Å². The predicted octanol–water partition coefficient (Wildman–Crippen LogP) is 4.86. The summed E-state index contributed by atoms with van der Waals surface area (Å²) >= 11 is 11.9. The molecule has 6 nitrogen and oxygen atoms in total. The van der Waals surface area contributed by atoms with Gasteiger partial charge in [0.25, 0.3) is 17.7 Å². The number of anilines is 2. The van der Waals surface area contributed by atoms with E-state index in [1.165, 1.54) is 36.4 Å². The molecule has 148 valence electrons. The highest BCUT2D eigenvalue weighted by atomic mass is 35.5. The van der Waals surface area contributed by atoms with Gasteiger partial charge >= 0.3 is 0 Å². The Kier molecular flexibility index (Phi) is 5.11. The van der Waals surface area contributed by atoms with Crippen LogP contribution in [0, 0.1) is 0 Å². The first-order valence-corrected chi connectivity index (χ1v) is 9.49. The fourth-order valence-electron chi connectivity index (χ4n) is 3.20. The molecule has 1 aliphatic heterocycles. The molecule has 1 N–H and O–H groups in total. The van der Waals surface area contributed by atoms with Crippen LogP contribution in [0.15, 0.2) is 60.7 Å². The van der Waals surface area contributed by atoms with E-state index in [0.29, 0.717) is 22.0 Å². The van der Waals surface area contributed by atoms with E-state index in [1.54, 1.807) is 24.3 Å². The topological polar surface area (TPSA) is 83.6 Å². The Morgan fingerprint density at radius 3 is 2.33 bits per heavy atom. The molecule has 0 aromatic heterocycles. The van der Waals surface area contributed by atoms with Crippen LogP contribution < -0.4 is 10.2 Å². The summed E-state index contributed by atoms with van der Waals surface area (Å²) in [5.74, 6) is -1.53. The summed E-state index contributed by atoms with van der Waals surface area (Å²) in [5, 5.41) is 3.32. The highest BCUT2D eigenvalue weighted by Gasteiger charge is 2.36. The maximum absolute atomic E-state index is 12.7. The Bertz CT molecular complexity index is 1240. The number of fused-ring (bicyclic) bond motifs is 1. The lowest BCUT2D eigenvalue weighted by atomic mass is 10.1. The third-order valence-corrected chi connectivity index (χ3v) is 5.07. The minimum absolute atomic E-state index is 0.110. The van der Waals surface area contributed by atoms with Gasteiger partial charge in [0.05, 0.1) is 22.4 Å². The van der Waals surface area contributed by atoms with Crippen LogP contribution in [0.1, 0.15) is 41.4 Å². The van der Waals surface area contributed by atoms with Crippen LogP contribution in [0.2, 0.25) is 10.0 Å². The van der Waals surface area contributed by atoms with E-state index in [2.05, 4.69) is 5.32 Å². The SMILES string of the molecule is O=Cc1ccc(Cl)cc1C(=O)Nc1cccc(N2C(=O)c3ccc(Cl)cc3C2=O)c1. The van der Waals surface area contributed by atoms with Crippen molar-refractivity contribution in [2.24, 2.45) is 0 Å². The molecule has 1 aliphatic rings. The Morgan fingerprint density at radius 2 is 1.57 bits per heavy atom. The first-order valence-electron chi connectivity index (χ1n) is 8.73. The number of carbonyl (C=O) groups is 4. The number of aldehydes is 1. The average Bonchev–Trinajstić information content (AvgIpc) is 2.97. The summed E-state index contributed by atoms with van der Waals surface area (Å²) in [6.45, 7) is 0.